The number of piperidine rings is 2. The van der Waals surface area contributed by atoms with Gasteiger partial charge >= 0.3 is 6.09 Å². The Morgan fingerprint density at radius 3 is 2.32 bits per heavy atom. The maximum atomic E-state index is 12.6. The van der Waals surface area contributed by atoms with Crippen molar-refractivity contribution in [3.05, 3.63) is 0 Å². The Bertz CT molecular complexity index is 455. The lowest BCUT2D eigenvalue weighted by Gasteiger charge is -2.52. The number of carbonyl (C=O) groups excluding carboxylic acids is 1. The molecule has 6 nitrogen and oxygen atoms in total. The van der Waals surface area contributed by atoms with Crippen LogP contribution in [0.1, 0.15) is 72.1 Å². The maximum absolute atomic E-state index is 12.6. The van der Waals surface area contributed by atoms with Gasteiger partial charge in [-0.25, -0.2) is 4.79 Å². The lowest BCUT2D eigenvalue weighted by molar-refractivity contribution is -0.190. The molecule has 3 fully saturated rings. The van der Waals surface area contributed by atoms with Crippen molar-refractivity contribution in [1.29, 1.82) is 0 Å². The molecule has 0 aromatic heterocycles. The van der Waals surface area contributed by atoms with E-state index in [9.17, 15) is 9.90 Å². The zero-order chi connectivity index (χ0) is 18.1. The molecule has 0 radical (unpaired) electrons. The molecular weight excluding hydrogens is 322 g/mol. The number of nitrogens with zero attached hydrogens (tertiary/aromatic N) is 1. The molecule has 2 atom stereocenters. The molecule has 6 heteroatoms. The molecule has 0 aliphatic carbocycles. The van der Waals surface area contributed by atoms with Gasteiger partial charge in [-0.3, -0.25) is 0 Å². The number of rotatable bonds is 3. The SMILES string of the molecule is CC(C)(C)OC(=O)N1C2CCCC1CC(O)(CCC1OCCCO1)C2. The van der Waals surface area contributed by atoms with Gasteiger partial charge in [-0.2, -0.15) is 0 Å². The van der Waals surface area contributed by atoms with Crippen LogP contribution in [0.4, 0.5) is 4.79 Å². The van der Waals surface area contributed by atoms with Crippen LogP contribution in [0, 0.1) is 0 Å². The van der Waals surface area contributed by atoms with Crippen LogP contribution in [0.25, 0.3) is 0 Å². The van der Waals surface area contributed by atoms with E-state index in [2.05, 4.69) is 0 Å². The largest absolute Gasteiger partial charge is 0.444 e. The minimum atomic E-state index is -0.738. The third-order valence-electron chi connectivity index (χ3n) is 5.44. The van der Waals surface area contributed by atoms with Crippen LogP contribution in [-0.4, -0.2) is 58.9 Å². The fourth-order valence-corrected chi connectivity index (χ4v) is 4.43. The first kappa shape index (κ1) is 18.9. The Morgan fingerprint density at radius 2 is 1.76 bits per heavy atom. The van der Waals surface area contributed by atoms with Crippen molar-refractivity contribution in [1.82, 2.24) is 4.90 Å². The van der Waals surface area contributed by atoms with Crippen LogP contribution in [0.5, 0.6) is 0 Å². The number of amides is 1. The van der Waals surface area contributed by atoms with Crippen LogP contribution in [0.3, 0.4) is 0 Å². The molecule has 3 aliphatic rings. The highest BCUT2D eigenvalue weighted by Gasteiger charge is 2.48. The summed E-state index contributed by atoms with van der Waals surface area (Å²) in [6.07, 6.45) is 6.11. The summed E-state index contributed by atoms with van der Waals surface area (Å²) in [5.41, 5.74) is -1.23. The minimum Gasteiger partial charge on any atom is -0.444 e. The second-order valence-electron chi connectivity index (χ2n) is 8.82. The van der Waals surface area contributed by atoms with Crippen molar-refractivity contribution in [3.8, 4) is 0 Å². The molecule has 2 unspecified atom stereocenters. The number of hydrogen-bond donors (Lipinski definition) is 1. The first-order chi connectivity index (χ1) is 11.8. The van der Waals surface area contributed by atoms with Crippen molar-refractivity contribution in [2.45, 2.75) is 102 Å². The molecule has 1 amide bonds. The van der Waals surface area contributed by atoms with Crippen molar-refractivity contribution in [2.24, 2.45) is 0 Å². The molecule has 3 heterocycles. The number of fused-ring (bicyclic) bond motifs is 2. The van der Waals surface area contributed by atoms with Crippen LogP contribution in [0.15, 0.2) is 0 Å². The van der Waals surface area contributed by atoms with Gasteiger partial charge in [0, 0.05) is 18.5 Å². The van der Waals surface area contributed by atoms with Gasteiger partial charge < -0.3 is 24.2 Å². The van der Waals surface area contributed by atoms with Gasteiger partial charge in [0.25, 0.3) is 0 Å². The van der Waals surface area contributed by atoms with Gasteiger partial charge in [-0.15, -0.1) is 0 Å². The molecule has 2 bridgehead atoms. The average molecular weight is 355 g/mol. The first-order valence-electron chi connectivity index (χ1n) is 9.73. The zero-order valence-electron chi connectivity index (χ0n) is 15.8. The second-order valence-corrected chi connectivity index (χ2v) is 8.82. The Balaban J connectivity index is 1.60. The predicted molar refractivity (Wildman–Crippen MR) is 93.2 cm³/mol. The van der Waals surface area contributed by atoms with Gasteiger partial charge in [-0.05, 0) is 65.7 Å². The van der Waals surface area contributed by atoms with Gasteiger partial charge in [0.2, 0.25) is 0 Å². The Labute approximate surface area is 150 Å². The smallest absolute Gasteiger partial charge is 0.410 e. The van der Waals surface area contributed by atoms with E-state index < -0.39 is 11.2 Å². The predicted octanol–water partition coefficient (Wildman–Crippen LogP) is 3.21. The first-order valence-corrected chi connectivity index (χ1v) is 9.73. The zero-order valence-corrected chi connectivity index (χ0v) is 15.8. The molecule has 0 aromatic rings. The molecule has 0 saturated carbocycles. The Kier molecular flexibility index (Phi) is 5.61. The summed E-state index contributed by atoms with van der Waals surface area (Å²) >= 11 is 0. The van der Waals surface area contributed by atoms with Crippen LogP contribution in [-0.2, 0) is 14.2 Å². The third kappa shape index (κ3) is 4.86. The highest BCUT2D eigenvalue weighted by Crippen LogP contribution is 2.42. The van der Waals surface area contributed by atoms with Crippen molar-refractivity contribution in [2.75, 3.05) is 13.2 Å². The highest BCUT2D eigenvalue weighted by atomic mass is 16.7. The summed E-state index contributed by atoms with van der Waals surface area (Å²) in [6, 6.07) is 0.140. The van der Waals surface area contributed by atoms with E-state index in [0.717, 1.165) is 38.9 Å². The Hall–Kier alpha value is -0.850. The lowest BCUT2D eigenvalue weighted by atomic mass is 9.74. The third-order valence-corrected chi connectivity index (χ3v) is 5.44. The maximum Gasteiger partial charge on any atom is 0.410 e. The summed E-state index contributed by atoms with van der Waals surface area (Å²) in [5.74, 6) is 0. The van der Waals surface area contributed by atoms with Gasteiger partial charge in [0.05, 0.1) is 18.8 Å². The summed E-state index contributed by atoms with van der Waals surface area (Å²) in [6.45, 7) is 7.16. The normalized spacial score (nSPS) is 34.0. The topological polar surface area (TPSA) is 68.2 Å². The van der Waals surface area contributed by atoms with Gasteiger partial charge in [0.1, 0.15) is 5.60 Å². The van der Waals surface area contributed by atoms with E-state index in [1.165, 1.54) is 0 Å². The summed E-state index contributed by atoms with van der Waals surface area (Å²) in [4.78, 5) is 14.5. The van der Waals surface area contributed by atoms with E-state index >= 15 is 0 Å². The van der Waals surface area contributed by atoms with Crippen molar-refractivity contribution < 1.29 is 24.1 Å². The van der Waals surface area contributed by atoms with Crippen molar-refractivity contribution >= 4 is 6.09 Å². The molecule has 144 valence electrons. The highest BCUT2D eigenvalue weighted by molar-refractivity contribution is 5.69. The number of carbonyl (C=O) groups is 1. The van der Waals surface area contributed by atoms with E-state index in [-0.39, 0.29) is 24.5 Å². The summed E-state index contributed by atoms with van der Waals surface area (Å²) in [5, 5.41) is 11.1. The molecule has 3 aliphatic heterocycles. The fraction of sp³-hybridized carbons (Fsp3) is 0.947. The van der Waals surface area contributed by atoms with E-state index in [1.54, 1.807) is 0 Å². The number of ether oxygens (including phenoxy) is 3. The van der Waals surface area contributed by atoms with Gasteiger partial charge in [0.15, 0.2) is 6.29 Å². The van der Waals surface area contributed by atoms with Crippen LogP contribution < -0.4 is 0 Å². The average Bonchev–Trinajstić information content (AvgIpc) is 2.51. The fourth-order valence-electron chi connectivity index (χ4n) is 4.43. The lowest BCUT2D eigenvalue weighted by Crippen LogP contribution is -2.60. The molecule has 3 saturated heterocycles. The minimum absolute atomic E-state index is 0.0699. The molecule has 1 N–H and O–H groups in total. The summed E-state index contributed by atoms with van der Waals surface area (Å²) in [7, 11) is 0. The van der Waals surface area contributed by atoms with E-state index in [4.69, 9.17) is 14.2 Å². The van der Waals surface area contributed by atoms with E-state index in [0.29, 0.717) is 25.7 Å². The Morgan fingerprint density at radius 1 is 1.16 bits per heavy atom. The van der Waals surface area contributed by atoms with E-state index in [1.807, 2.05) is 25.7 Å². The molecule has 3 rings (SSSR count). The number of aliphatic hydroxyl groups is 1. The monoisotopic (exact) mass is 355 g/mol. The molecule has 0 spiro atoms. The quantitative estimate of drug-likeness (QED) is 0.842. The number of hydrogen-bond acceptors (Lipinski definition) is 5. The summed E-state index contributed by atoms with van der Waals surface area (Å²) < 4.78 is 16.8. The molecular formula is C19H33NO5. The standard InChI is InChI=1S/C19H33NO5/c1-18(2,3)25-17(21)20-14-6-4-7-15(20)13-19(22,12-14)9-8-16-23-10-5-11-24-16/h14-16,22H,4-13H2,1-3H3. The van der Waals surface area contributed by atoms with Crippen LogP contribution in [0.2, 0.25) is 0 Å². The molecule has 0 aromatic carbocycles. The van der Waals surface area contributed by atoms with Crippen LogP contribution >= 0.6 is 0 Å². The molecule has 25 heavy (non-hydrogen) atoms. The second kappa shape index (κ2) is 7.41. The van der Waals surface area contributed by atoms with Crippen molar-refractivity contribution in [3.63, 3.8) is 0 Å². The van der Waals surface area contributed by atoms with Gasteiger partial charge in [-0.1, -0.05) is 0 Å².